The molecule has 0 spiro atoms. The molecule has 0 aliphatic carbocycles. The van der Waals surface area contributed by atoms with Gasteiger partial charge in [-0.1, -0.05) is 6.08 Å². The molecule has 2 unspecified atom stereocenters. The third-order valence-corrected chi connectivity index (χ3v) is 1.34. The summed E-state index contributed by atoms with van der Waals surface area (Å²) in [6.07, 6.45) is 0.718. The quantitative estimate of drug-likeness (QED) is 0.390. The Hall–Kier alpha value is -0.830. The number of carbonyl (C=O) groups is 1. The van der Waals surface area contributed by atoms with E-state index in [1.165, 1.54) is 6.08 Å². The number of carbonyl (C=O) groups excluding carboxylic acids is 1. The van der Waals surface area contributed by atoms with Gasteiger partial charge in [-0.25, -0.2) is 0 Å². The third kappa shape index (κ3) is 0.954. The van der Waals surface area contributed by atoms with Gasteiger partial charge in [-0.05, 0) is 0 Å². The number of ether oxygens (including phenoxy) is 1. The van der Waals surface area contributed by atoms with Gasteiger partial charge in [0.05, 0.1) is 0 Å². The summed E-state index contributed by atoms with van der Waals surface area (Å²) >= 11 is 0. The number of hydrogen-bond acceptors (Lipinski definition) is 3. The van der Waals surface area contributed by atoms with Crippen LogP contribution in [0.15, 0.2) is 12.7 Å². The Morgan fingerprint density at radius 1 is 1.89 bits per heavy atom. The zero-order valence-electron chi connectivity index (χ0n) is 4.91. The molecule has 0 bridgehead atoms. The monoisotopic (exact) mass is 128 g/mol. The second-order valence-electron chi connectivity index (χ2n) is 1.96. The van der Waals surface area contributed by atoms with Crippen molar-refractivity contribution in [3.8, 4) is 0 Å². The summed E-state index contributed by atoms with van der Waals surface area (Å²) in [5.41, 5.74) is 0. The largest absolute Gasteiger partial charge is 0.462 e. The molecule has 1 N–H and O–H groups in total. The van der Waals surface area contributed by atoms with Crippen LogP contribution in [0.4, 0.5) is 0 Å². The lowest BCUT2D eigenvalue weighted by atomic mass is 10.1. The van der Waals surface area contributed by atoms with Gasteiger partial charge in [-0.2, -0.15) is 0 Å². The zero-order chi connectivity index (χ0) is 6.85. The Balaban J connectivity index is 2.65. The van der Waals surface area contributed by atoms with Crippen LogP contribution in [-0.2, 0) is 9.53 Å². The van der Waals surface area contributed by atoms with E-state index in [4.69, 9.17) is 5.11 Å². The molecule has 50 valence electrons. The fourth-order valence-corrected chi connectivity index (χ4v) is 0.778. The van der Waals surface area contributed by atoms with E-state index in [-0.39, 0.29) is 12.6 Å². The number of aliphatic hydroxyl groups excluding tert-OH is 1. The molecular weight excluding hydrogens is 120 g/mol. The summed E-state index contributed by atoms with van der Waals surface area (Å²) in [7, 11) is 0. The minimum absolute atomic E-state index is 0.107. The standard InChI is InChI=1S/C6H8O3/c1-2-4-5(7)3-9-6(4)8/h2,4-5,7H,1,3H2. The highest BCUT2D eigenvalue weighted by Crippen LogP contribution is 2.15. The van der Waals surface area contributed by atoms with Crippen LogP contribution in [0, 0.1) is 5.92 Å². The van der Waals surface area contributed by atoms with Gasteiger partial charge in [-0.3, -0.25) is 4.79 Å². The topological polar surface area (TPSA) is 46.5 Å². The van der Waals surface area contributed by atoms with Crippen LogP contribution < -0.4 is 0 Å². The van der Waals surface area contributed by atoms with E-state index in [2.05, 4.69) is 11.3 Å². The van der Waals surface area contributed by atoms with Gasteiger partial charge in [0.1, 0.15) is 18.6 Å². The minimum Gasteiger partial charge on any atom is -0.462 e. The molecule has 0 aromatic carbocycles. The SMILES string of the molecule is C=CC1C(=O)OCC1O. The van der Waals surface area contributed by atoms with Crippen LogP contribution in [0.25, 0.3) is 0 Å². The summed E-state index contributed by atoms with van der Waals surface area (Å²) in [6, 6.07) is 0. The third-order valence-electron chi connectivity index (χ3n) is 1.34. The average molecular weight is 128 g/mol. The summed E-state index contributed by atoms with van der Waals surface area (Å²) < 4.78 is 4.51. The molecule has 3 heteroatoms. The van der Waals surface area contributed by atoms with Crippen molar-refractivity contribution in [3.05, 3.63) is 12.7 Å². The Morgan fingerprint density at radius 3 is 2.78 bits per heavy atom. The van der Waals surface area contributed by atoms with Gasteiger partial charge in [0.25, 0.3) is 0 Å². The fourth-order valence-electron chi connectivity index (χ4n) is 0.778. The molecule has 1 rings (SSSR count). The van der Waals surface area contributed by atoms with Crippen LogP contribution in [-0.4, -0.2) is 23.8 Å². The maximum Gasteiger partial charge on any atom is 0.315 e. The van der Waals surface area contributed by atoms with Gasteiger partial charge in [-0.15, -0.1) is 6.58 Å². The van der Waals surface area contributed by atoms with E-state index < -0.39 is 12.0 Å². The van der Waals surface area contributed by atoms with Crippen molar-refractivity contribution >= 4 is 5.97 Å². The molecule has 1 heterocycles. The smallest absolute Gasteiger partial charge is 0.315 e. The summed E-state index contributed by atoms with van der Waals surface area (Å²) in [4.78, 5) is 10.6. The molecule has 0 saturated carbocycles. The second-order valence-corrected chi connectivity index (χ2v) is 1.96. The number of rotatable bonds is 1. The van der Waals surface area contributed by atoms with Gasteiger partial charge in [0, 0.05) is 0 Å². The Kier molecular flexibility index (Phi) is 1.53. The number of cyclic esters (lactones) is 1. The van der Waals surface area contributed by atoms with Crippen LogP contribution in [0.5, 0.6) is 0 Å². The van der Waals surface area contributed by atoms with Gasteiger partial charge in [0.2, 0.25) is 0 Å². The van der Waals surface area contributed by atoms with Crippen molar-refractivity contribution in [2.45, 2.75) is 6.10 Å². The van der Waals surface area contributed by atoms with E-state index in [1.54, 1.807) is 0 Å². The van der Waals surface area contributed by atoms with Crippen LogP contribution in [0.2, 0.25) is 0 Å². The molecule has 0 amide bonds. The van der Waals surface area contributed by atoms with Crippen molar-refractivity contribution in [2.75, 3.05) is 6.61 Å². The molecule has 3 nitrogen and oxygen atoms in total. The van der Waals surface area contributed by atoms with Crippen molar-refractivity contribution in [1.29, 1.82) is 0 Å². The lowest BCUT2D eigenvalue weighted by molar-refractivity contribution is -0.140. The predicted molar refractivity (Wildman–Crippen MR) is 30.7 cm³/mol. The lowest BCUT2D eigenvalue weighted by Gasteiger charge is -1.99. The van der Waals surface area contributed by atoms with E-state index in [0.29, 0.717) is 0 Å². The number of aliphatic hydroxyl groups is 1. The van der Waals surface area contributed by atoms with Crippen LogP contribution in [0.3, 0.4) is 0 Å². The Morgan fingerprint density at radius 2 is 2.56 bits per heavy atom. The second kappa shape index (κ2) is 2.19. The first-order chi connectivity index (χ1) is 4.25. The average Bonchev–Trinajstić information content (AvgIpc) is 2.12. The van der Waals surface area contributed by atoms with Crippen molar-refractivity contribution in [3.63, 3.8) is 0 Å². The highest BCUT2D eigenvalue weighted by molar-refractivity contribution is 5.77. The summed E-state index contributed by atoms with van der Waals surface area (Å²) in [5, 5.41) is 8.94. The first-order valence-corrected chi connectivity index (χ1v) is 2.73. The van der Waals surface area contributed by atoms with Crippen LogP contribution in [0.1, 0.15) is 0 Å². The maximum atomic E-state index is 10.6. The molecule has 1 fully saturated rings. The van der Waals surface area contributed by atoms with E-state index >= 15 is 0 Å². The van der Waals surface area contributed by atoms with Gasteiger partial charge >= 0.3 is 5.97 Å². The van der Waals surface area contributed by atoms with Gasteiger partial charge in [0.15, 0.2) is 0 Å². The molecular formula is C6H8O3. The Bertz CT molecular complexity index is 141. The zero-order valence-corrected chi connectivity index (χ0v) is 4.91. The molecule has 1 saturated heterocycles. The molecule has 0 aromatic rings. The van der Waals surface area contributed by atoms with Crippen molar-refractivity contribution in [1.82, 2.24) is 0 Å². The van der Waals surface area contributed by atoms with Crippen LogP contribution >= 0.6 is 0 Å². The first-order valence-electron chi connectivity index (χ1n) is 2.73. The Labute approximate surface area is 52.9 Å². The highest BCUT2D eigenvalue weighted by atomic mass is 16.6. The highest BCUT2D eigenvalue weighted by Gasteiger charge is 2.32. The molecule has 1 aliphatic rings. The maximum absolute atomic E-state index is 10.6. The van der Waals surface area contributed by atoms with E-state index in [1.807, 2.05) is 0 Å². The first kappa shape index (κ1) is 6.29. The molecule has 2 atom stereocenters. The molecule has 9 heavy (non-hydrogen) atoms. The minimum atomic E-state index is -0.685. The van der Waals surface area contributed by atoms with Crippen molar-refractivity contribution in [2.24, 2.45) is 5.92 Å². The molecule has 0 radical (unpaired) electrons. The summed E-state index contributed by atoms with van der Waals surface area (Å²) in [5.74, 6) is -0.887. The fraction of sp³-hybridized carbons (Fsp3) is 0.500. The normalized spacial score (nSPS) is 34.1. The predicted octanol–water partition coefficient (Wildman–Crippen LogP) is -0.294. The molecule has 1 aliphatic heterocycles. The van der Waals surface area contributed by atoms with Crippen molar-refractivity contribution < 1.29 is 14.6 Å². The molecule has 0 aromatic heterocycles. The number of esters is 1. The lowest BCUT2D eigenvalue weighted by Crippen LogP contribution is -2.17. The summed E-state index contributed by atoms with van der Waals surface area (Å²) in [6.45, 7) is 3.49. The van der Waals surface area contributed by atoms with E-state index in [9.17, 15) is 4.79 Å². The van der Waals surface area contributed by atoms with E-state index in [0.717, 1.165) is 0 Å². The number of hydrogen-bond donors (Lipinski definition) is 1. The van der Waals surface area contributed by atoms with Gasteiger partial charge < -0.3 is 9.84 Å².